The molecule has 2 aromatic rings. The summed E-state index contributed by atoms with van der Waals surface area (Å²) in [6, 6.07) is 0. The Balaban J connectivity index is 1.98. The fourth-order valence-electron chi connectivity index (χ4n) is 0.766. The summed E-state index contributed by atoms with van der Waals surface area (Å²) >= 11 is 7.78. The van der Waals surface area contributed by atoms with E-state index in [9.17, 15) is 0 Å². The topological polar surface area (TPSA) is 69.4 Å². The maximum absolute atomic E-state index is 4.86. The molecule has 2 heterocycles. The summed E-state index contributed by atoms with van der Waals surface area (Å²) in [5.41, 5.74) is 0. The highest BCUT2D eigenvalue weighted by Crippen LogP contribution is 2.22. The molecule has 0 saturated heterocycles. The first kappa shape index (κ1) is 9.74. The van der Waals surface area contributed by atoms with E-state index in [1.54, 1.807) is 11.7 Å². The number of hydrogen-bond donors (Lipinski definition) is 0. The zero-order valence-electron chi connectivity index (χ0n) is 7.12. The summed E-state index contributed by atoms with van der Waals surface area (Å²) in [5.74, 6) is 0.697. The van der Waals surface area contributed by atoms with Crippen LogP contribution in [0.3, 0.4) is 0 Å². The van der Waals surface area contributed by atoms with E-state index in [2.05, 4.69) is 25.7 Å². The number of hydrogen-bond acceptors (Lipinski definition) is 7. The van der Waals surface area contributed by atoms with E-state index in [-0.39, 0.29) is 0 Å². The van der Waals surface area contributed by atoms with Gasteiger partial charge in [-0.1, -0.05) is 23.1 Å². The van der Waals surface area contributed by atoms with E-state index in [1.807, 2.05) is 0 Å². The van der Waals surface area contributed by atoms with Crippen LogP contribution < -0.4 is 0 Å². The van der Waals surface area contributed by atoms with Gasteiger partial charge in [-0.05, 0) is 23.1 Å². The fourth-order valence-corrected chi connectivity index (χ4v) is 2.50. The van der Waals surface area contributed by atoms with Crippen LogP contribution in [0.25, 0.3) is 0 Å². The van der Waals surface area contributed by atoms with E-state index in [4.69, 9.17) is 12.6 Å². The van der Waals surface area contributed by atoms with Crippen LogP contribution in [-0.2, 0) is 12.8 Å². The highest BCUT2D eigenvalue weighted by molar-refractivity contribution is 7.98. The van der Waals surface area contributed by atoms with E-state index < -0.39 is 0 Å². The van der Waals surface area contributed by atoms with E-state index in [1.165, 1.54) is 23.1 Å². The SMILES string of the molecule is Cn1nnnc1SCc1nnc([S])s1. The maximum Gasteiger partial charge on any atom is 0.209 e. The summed E-state index contributed by atoms with van der Waals surface area (Å²) in [6.07, 6.45) is 0. The van der Waals surface area contributed by atoms with Crippen molar-refractivity contribution in [3.05, 3.63) is 5.01 Å². The van der Waals surface area contributed by atoms with Crippen LogP contribution in [0.4, 0.5) is 0 Å². The van der Waals surface area contributed by atoms with E-state index in [0.29, 0.717) is 10.1 Å². The number of thioether (sulfide) groups is 1. The molecule has 6 nitrogen and oxygen atoms in total. The molecule has 0 aliphatic carbocycles. The van der Waals surface area contributed by atoms with Gasteiger partial charge in [-0.15, -0.1) is 15.3 Å². The van der Waals surface area contributed by atoms with Crippen molar-refractivity contribution in [2.24, 2.45) is 7.05 Å². The number of aryl methyl sites for hydroxylation is 1. The molecule has 0 N–H and O–H groups in total. The van der Waals surface area contributed by atoms with Crippen molar-refractivity contribution in [2.75, 3.05) is 0 Å². The third-order valence-electron chi connectivity index (χ3n) is 1.35. The Hall–Kier alpha value is -0.800. The van der Waals surface area contributed by atoms with Gasteiger partial charge in [0.2, 0.25) is 9.50 Å². The standard InChI is InChI=1S/C5H5N6S3/c1-11-4(7-9-10-11)13-2-3-6-8-5(12)14-3/h2H2,1H3. The smallest absolute Gasteiger partial charge is 0.209 e. The van der Waals surface area contributed by atoms with Crippen LogP contribution in [0.2, 0.25) is 0 Å². The summed E-state index contributed by atoms with van der Waals surface area (Å²) in [5, 5.41) is 20.4. The first-order chi connectivity index (χ1) is 6.75. The largest absolute Gasteiger partial charge is 0.224 e. The minimum absolute atomic E-state index is 0.566. The van der Waals surface area contributed by atoms with E-state index >= 15 is 0 Å². The summed E-state index contributed by atoms with van der Waals surface area (Å²) in [6.45, 7) is 0. The van der Waals surface area contributed by atoms with Crippen LogP contribution in [0.1, 0.15) is 5.01 Å². The summed E-state index contributed by atoms with van der Waals surface area (Å²) in [7, 11) is 1.79. The average Bonchev–Trinajstić information content (AvgIpc) is 2.72. The number of rotatable bonds is 3. The predicted molar refractivity (Wildman–Crippen MR) is 54.1 cm³/mol. The van der Waals surface area contributed by atoms with Crippen LogP contribution >= 0.6 is 35.7 Å². The normalized spacial score (nSPS) is 10.6. The van der Waals surface area contributed by atoms with Gasteiger partial charge in [0, 0.05) is 7.05 Å². The molecule has 1 radical (unpaired) electrons. The maximum atomic E-state index is 4.86. The monoisotopic (exact) mass is 245 g/mol. The molecule has 0 aromatic carbocycles. The Morgan fingerprint density at radius 2 is 2.29 bits per heavy atom. The Kier molecular flexibility index (Phi) is 2.89. The lowest BCUT2D eigenvalue weighted by Crippen LogP contribution is -1.93. The van der Waals surface area contributed by atoms with Crippen LogP contribution in [0.15, 0.2) is 9.50 Å². The van der Waals surface area contributed by atoms with E-state index in [0.717, 1.165) is 10.2 Å². The Morgan fingerprint density at radius 3 is 2.86 bits per heavy atom. The van der Waals surface area contributed by atoms with Crippen molar-refractivity contribution < 1.29 is 0 Å². The van der Waals surface area contributed by atoms with Gasteiger partial charge in [-0.2, -0.15) is 0 Å². The predicted octanol–water partition coefficient (Wildman–Crippen LogP) is 0.910. The van der Waals surface area contributed by atoms with Gasteiger partial charge in [0.1, 0.15) is 5.01 Å². The molecular weight excluding hydrogens is 240 g/mol. The molecule has 0 spiro atoms. The van der Waals surface area contributed by atoms with Crippen molar-refractivity contribution in [2.45, 2.75) is 15.2 Å². The third-order valence-corrected chi connectivity index (χ3v) is 3.61. The third kappa shape index (κ3) is 2.16. The summed E-state index contributed by atoms with van der Waals surface area (Å²) in [4.78, 5) is 0. The van der Waals surface area contributed by atoms with Crippen molar-refractivity contribution in [3.8, 4) is 0 Å². The highest BCUT2D eigenvalue weighted by Gasteiger charge is 2.06. The zero-order chi connectivity index (χ0) is 9.97. The molecule has 0 aliphatic heterocycles. The second-order valence-corrected chi connectivity index (χ2v) is 4.99. The van der Waals surface area contributed by atoms with Gasteiger partial charge in [0.05, 0.1) is 5.75 Å². The lowest BCUT2D eigenvalue weighted by Gasteiger charge is -1.94. The number of nitrogens with zero attached hydrogens (tertiary/aromatic N) is 6. The van der Waals surface area contributed by atoms with Crippen LogP contribution in [0.5, 0.6) is 0 Å². The lowest BCUT2D eigenvalue weighted by atomic mass is 10.9. The molecule has 0 unspecified atom stereocenters. The minimum Gasteiger partial charge on any atom is -0.224 e. The van der Waals surface area contributed by atoms with Gasteiger partial charge in [0.25, 0.3) is 0 Å². The molecule has 2 rings (SSSR count). The zero-order valence-corrected chi connectivity index (χ0v) is 9.56. The molecule has 9 heteroatoms. The first-order valence-corrected chi connectivity index (χ1v) is 5.81. The van der Waals surface area contributed by atoms with Gasteiger partial charge in [-0.3, -0.25) is 0 Å². The van der Waals surface area contributed by atoms with Gasteiger partial charge >= 0.3 is 0 Å². The number of tetrazole rings is 1. The molecule has 0 amide bonds. The Morgan fingerprint density at radius 1 is 1.43 bits per heavy atom. The molecule has 0 fully saturated rings. The quantitative estimate of drug-likeness (QED) is 0.749. The van der Waals surface area contributed by atoms with Crippen molar-refractivity contribution in [1.82, 2.24) is 30.4 Å². The molecule has 73 valence electrons. The molecular formula is C5H5N6S3. The molecule has 0 bridgehead atoms. The molecule has 14 heavy (non-hydrogen) atoms. The molecule has 0 aliphatic rings. The van der Waals surface area contributed by atoms with Gasteiger partial charge < -0.3 is 0 Å². The second-order valence-electron chi connectivity index (χ2n) is 2.34. The first-order valence-electron chi connectivity index (χ1n) is 3.60. The molecule has 0 atom stereocenters. The Bertz CT molecular complexity index is 423. The van der Waals surface area contributed by atoms with Gasteiger partial charge in [0.15, 0.2) is 0 Å². The average molecular weight is 245 g/mol. The minimum atomic E-state index is 0.566. The van der Waals surface area contributed by atoms with Crippen molar-refractivity contribution in [3.63, 3.8) is 0 Å². The molecule has 2 aromatic heterocycles. The number of aromatic nitrogens is 6. The van der Waals surface area contributed by atoms with Crippen molar-refractivity contribution >= 4 is 35.7 Å². The second kappa shape index (κ2) is 4.15. The molecule has 0 saturated carbocycles. The van der Waals surface area contributed by atoms with Crippen molar-refractivity contribution in [1.29, 1.82) is 0 Å². The fraction of sp³-hybridized carbons (Fsp3) is 0.400. The summed E-state index contributed by atoms with van der Waals surface area (Å²) < 4.78 is 2.18. The van der Waals surface area contributed by atoms with Gasteiger partial charge in [-0.25, -0.2) is 4.68 Å². The van der Waals surface area contributed by atoms with Crippen LogP contribution in [0, 0.1) is 0 Å². The lowest BCUT2D eigenvalue weighted by molar-refractivity contribution is 0.664. The Labute approximate surface area is 93.5 Å². The van der Waals surface area contributed by atoms with Crippen LogP contribution in [-0.4, -0.2) is 30.4 Å². The highest BCUT2D eigenvalue weighted by atomic mass is 32.2.